The second kappa shape index (κ2) is 5.97. The number of benzene rings is 1. The van der Waals surface area contributed by atoms with Gasteiger partial charge in [0.1, 0.15) is 5.82 Å². The highest BCUT2D eigenvalue weighted by atomic mass is 19.4. The number of hydrogen-bond acceptors (Lipinski definition) is 2. The van der Waals surface area contributed by atoms with E-state index >= 15 is 0 Å². The van der Waals surface area contributed by atoms with Crippen LogP contribution in [0, 0.1) is 0 Å². The minimum Gasteiger partial charge on any atom is -0.318 e. The van der Waals surface area contributed by atoms with Crippen LogP contribution in [0.3, 0.4) is 0 Å². The lowest BCUT2D eigenvalue weighted by atomic mass is 9.94. The van der Waals surface area contributed by atoms with Crippen LogP contribution >= 0.6 is 0 Å². The highest BCUT2D eigenvalue weighted by Gasteiger charge is 2.64. The average molecular weight is 371 g/mol. The van der Waals surface area contributed by atoms with E-state index in [1.54, 1.807) is 28.9 Å². The van der Waals surface area contributed by atoms with Gasteiger partial charge in [0.25, 0.3) is 0 Å². The van der Waals surface area contributed by atoms with Gasteiger partial charge in [-0.2, -0.15) is 13.2 Å². The molecule has 1 fully saturated rings. The maximum absolute atomic E-state index is 13.3. The van der Waals surface area contributed by atoms with Crippen molar-refractivity contribution < 1.29 is 18.0 Å². The van der Waals surface area contributed by atoms with Crippen LogP contribution in [0.4, 0.5) is 19.0 Å². The van der Waals surface area contributed by atoms with Crippen LogP contribution in [0.1, 0.15) is 18.4 Å². The van der Waals surface area contributed by atoms with Gasteiger partial charge in [-0.05, 0) is 36.6 Å². The van der Waals surface area contributed by atoms with Gasteiger partial charge in [0.2, 0.25) is 5.91 Å². The van der Waals surface area contributed by atoms with E-state index in [1.165, 1.54) is 12.1 Å². The molecule has 0 unspecified atom stereocenters. The molecule has 1 saturated carbocycles. The summed E-state index contributed by atoms with van der Waals surface area (Å²) < 4.78 is 41.7. The Bertz CT molecular complexity index is 1030. The van der Waals surface area contributed by atoms with E-state index in [1.807, 2.05) is 12.1 Å². The molecule has 7 heteroatoms. The molecule has 4 rings (SSSR count). The summed E-state index contributed by atoms with van der Waals surface area (Å²) >= 11 is 0. The summed E-state index contributed by atoms with van der Waals surface area (Å²) in [4.78, 5) is 16.0. The zero-order valence-corrected chi connectivity index (χ0v) is 14.3. The van der Waals surface area contributed by atoms with Crippen LogP contribution in [-0.2, 0) is 10.2 Å². The van der Waals surface area contributed by atoms with Crippen LogP contribution in [0.5, 0.6) is 0 Å². The van der Waals surface area contributed by atoms with Crippen LogP contribution in [0.25, 0.3) is 16.8 Å². The van der Waals surface area contributed by atoms with Crippen molar-refractivity contribution >= 4 is 17.2 Å². The van der Waals surface area contributed by atoms with E-state index in [0.29, 0.717) is 17.1 Å². The summed E-state index contributed by atoms with van der Waals surface area (Å²) in [5.74, 6) is -0.0622. The largest absolute Gasteiger partial charge is 0.398 e. The molecule has 0 saturated heterocycles. The third-order valence-corrected chi connectivity index (χ3v) is 4.96. The number of alkyl halides is 3. The number of nitrogens with one attached hydrogen (secondary N) is 1. The predicted molar refractivity (Wildman–Crippen MR) is 96.4 cm³/mol. The molecule has 4 nitrogen and oxygen atoms in total. The van der Waals surface area contributed by atoms with Gasteiger partial charge in [0, 0.05) is 11.8 Å². The molecule has 0 atom stereocenters. The number of nitrogens with zero attached hydrogens (tertiary/aromatic N) is 2. The number of aromatic nitrogens is 2. The molecule has 1 amide bonds. The molecule has 1 N–H and O–H groups in total. The summed E-state index contributed by atoms with van der Waals surface area (Å²) in [7, 11) is 0. The number of hydrogen-bond donors (Lipinski definition) is 1. The van der Waals surface area contributed by atoms with Crippen LogP contribution < -0.4 is 5.32 Å². The number of anilines is 1. The Morgan fingerprint density at radius 2 is 1.93 bits per heavy atom. The van der Waals surface area contributed by atoms with Gasteiger partial charge >= 0.3 is 6.18 Å². The minimum atomic E-state index is -4.24. The molecular weight excluding hydrogens is 355 g/mol. The fraction of sp³-hybridized carbons (Fsp3) is 0.200. The Kier molecular flexibility index (Phi) is 3.83. The Morgan fingerprint density at radius 3 is 2.52 bits per heavy atom. The molecule has 27 heavy (non-hydrogen) atoms. The number of rotatable bonds is 4. The number of halogens is 3. The predicted octanol–water partition coefficient (Wildman–Crippen LogP) is 4.72. The first-order chi connectivity index (χ1) is 12.8. The molecule has 2 aromatic heterocycles. The van der Waals surface area contributed by atoms with Gasteiger partial charge in [-0.25, -0.2) is 4.98 Å². The lowest BCUT2D eigenvalue weighted by molar-refractivity contribution is -0.160. The van der Waals surface area contributed by atoms with Crippen LogP contribution in [-0.4, -0.2) is 21.5 Å². The van der Waals surface area contributed by atoms with Crippen molar-refractivity contribution in [3.8, 4) is 11.3 Å². The van der Waals surface area contributed by atoms with Gasteiger partial charge in [0.05, 0.1) is 22.8 Å². The van der Waals surface area contributed by atoms with E-state index in [2.05, 4.69) is 16.9 Å². The standard InChI is InChI=1S/C20H16F3N3O/c1-2-17(27)24-16-12-26-11-3-4-15(26)18(25-16)13-5-7-14(8-6-13)19(9-10-19)20(21,22)23/h2-8,11-12H,1,9-10H2,(H,24,27). The fourth-order valence-corrected chi connectivity index (χ4v) is 3.30. The fourth-order valence-electron chi connectivity index (χ4n) is 3.30. The van der Waals surface area contributed by atoms with Gasteiger partial charge < -0.3 is 9.72 Å². The first kappa shape index (κ1) is 17.3. The van der Waals surface area contributed by atoms with E-state index in [9.17, 15) is 18.0 Å². The van der Waals surface area contributed by atoms with E-state index in [-0.39, 0.29) is 18.4 Å². The summed E-state index contributed by atoms with van der Waals surface area (Å²) in [5.41, 5.74) is 0.612. The molecule has 138 valence electrons. The molecule has 0 aliphatic heterocycles. The molecule has 1 aliphatic carbocycles. The third kappa shape index (κ3) is 2.89. The van der Waals surface area contributed by atoms with Crippen LogP contribution in [0.15, 0.2) is 61.4 Å². The molecule has 1 aliphatic rings. The Hall–Kier alpha value is -3.09. The molecule has 0 bridgehead atoms. The highest BCUT2D eigenvalue weighted by molar-refractivity contribution is 5.98. The Balaban J connectivity index is 1.75. The van der Waals surface area contributed by atoms with Crippen molar-refractivity contribution in [3.63, 3.8) is 0 Å². The van der Waals surface area contributed by atoms with Crippen LogP contribution in [0.2, 0.25) is 0 Å². The lowest BCUT2D eigenvalue weighted by Gasteiger charge is -2.20. The first-order valence-corrected chi connectivity index (χ1v) is 8.43. The third-order valence-electron chi connectivity index (χ3n) is 4.96. The number of carbonyl (C=O) groups is 1. The SMILES string of the molecule is C=CC(=O)Nc1cn2cccc2c(-c2ccc(C3(C(F)(F)F)CC3)cc2)n1. The lowest BCUT2D eigenvalue weighted by Crippen LogP contribution is -2.28. The smallest absolute Gasteiger partial charge is 0.318 e. The number of fused-ring (bicyclic) bond motifs is 1. The van der Waals surface area contributed by atoms with E-state index in [0.717, 1.165) is 11.6 Å². The van der Waals surface area contributed by atoms with Crippen molar-refractivity contribution in [2.45, 2.75) is 24.4 Å². The van der Waals surface area contributed by atoms with Crippen molar-refractivity contribution in [2.75, 3.05) is 5.32 Å². The second-order valence-electron chi connectivity index (χ2n) is 6.63. The van der Waals surface area contributed by atoms with Gasteiger partial charge in [-0.15, -0.1) is 0 Å². The van der Waals surface area contributed by atoms with Gasteiger partial charge in [0.15, 0.2) is 0 Å². The topological polar surface area (TPSA) is 46.4 Å². The normalized spacial score (nSPS) is 15.5. The summed E-state index contributed by atoms with van der Waals surface area (Å²) in [6.45, 7) is 3.41. The maximum Gasteiger partial charge on any atom is 0.398 e. The average Bonchev–Trinajstić information content (AvgIpc) is 3.34. The maximum atomic E-state index is 13.3. The van der Waals surface area contributed by atoms with E-state index < -0.39 is 17.5 Å². The van der Waals surface area contributed by atoms with Crippen molar-refractivity contribution in [1.82, 2.24) is 9.38 Å². The molecule has 0 spiro atoms. The van der Waals surface area contributed by atoms with Gasteiger partial charge in [-0.1, -0.05) is 30.8 Å². The second-order valence-corrected chi connectivity index (χ2v) is 6.63. The molecule has 3 aromatic rings. The molecule has 1 aromatic carbocycles. The number of carbonyl (C=O) groups excluding carboxylic acids is 1. The first-order valence-electron chi connectivity index (χ1n) is 8.43. The molecular formula is C20H16F3N3O. The molecule has 0 radical (unpaired) electrons. The van der Waals surface area contributed by atoms with Crippen molar-refractivity contribution in [2.24, 2.45) is 0 Å². The summed E-state index contributed by atoms with van der Waals surface area (Å²) in [5, 5.41) is 2.61. The zero-order chi connectivity index (χ0) is 19.2. The van der Waals surface area contributed by atoms with Crippen molar-refractivity contribution in [3.05, 3.63) is 67.0 Å². The summed E-state index contributed by atoms with van der Waals surface area (Å²) in [6, 6.07) is 10.0. The highest BCUT2D eigenvalue weighted by Crippen LogP contribution is 2.58. The Morgan fingerprint density at radius 1 is 1.22 bits per heavy atom. The Labute approximate surface area is 153 Å². The monoisotopic (exact) mass is 371 g/mol. The zero-order valence-electron chi connectivity index (χ0n) is 14.3. The van der Waals surface area contributed by atoms with Crippen molar-refractivity contribution in [1.29, 1.82) is 0 Å². The summed E-state index contributed by atoms with van der Waals surface area (Å²) in [6.07, 6.45) is 0.623. The minimum absolute atomic E-state index is 0.125. The quantitative estimate of drug-likeness (QED) is 0.675. The molecule has 2 heterocycles. The number of amides is 1. The van der Waals surface area contributed by atoms with E-state index in [4.69, 9.17) is 0 Å². The van der Waals surface area contributed by atoms with Gasteiger partial charge in [-0.3, -0.25) is 4.79 Å².